The smallest absolute Gasteiger partial charge is 0.337 e. The Morgan fingerprint density at radius 2 is 2.00 bits per heavy atom. The Labute approximate surface area is 113 Å². The maximum absolute atomic E-state index is 11.8. The molecule has 2 rings (SSSR count). The van der Waals surface area contributed by atoms with Gasteiger partial charge in [0.05, 0.1) is 11.3 Å². The number of halogens is 1. The van der Waals surface area contributed by atoms with Crippen molar-refractivity contribution < 1.29 is 19.1 Å². The van der Waals surface area contributed by atoms with Gasteiger partial charge in [-0.05, 0) is 42.8 Å². The van der Waals surface area contributed by atoms with Crippen LogP contribution < -0.4 is 5.32 Å². The molecular weight excluding hydrogens is 270 g/mol. The third-order valence-corrected chi connectivity index (χ3v) is 2.65. The fourth-order valence-electron chi connectivity index (χ4n) is 1.56. The fraction of sp³-hybridized carbons (Fsp3) is 0.0769. The molecular formula is C13H10ClNO4. The van der Waals surface area contributed by atoms with E-state index in [9.17, 15) is 9.59 Å². The standard InChI is InChI=1S/C13H10ClNO4/c1-7-2-3-9(8(6-7)13(17)18)15-12(16)10-4-5-11(14)19-10/h2-6H,1H3,(H,15,16)(H,17,18). The van der Waals surface area contributed by atoms with Crippen LogP contribution in [0.1, 0.15) is 26.5 Å². The molecule has 0 aliphatic heterocycles. The molecule has 0 spiro atoms. The summed E-state index contributed by atoms with van der Waals surface area (Å²) >= 11 is 5.57. The van der Waals surface area contributed by atoms with Crippen molar-refractivity contribution >= 4 is 29.2 Å². The van der Waals surface area contributed by atoms with E-state index in [0.717, 1.165) is 5.56 Å². The molecule has 98 valence electrons. The van der Waals surface area contributed by atoms with E-state index in [4.69, 9.17) is 21.1 Å². The van der Waals surface area contributed by atoms with E-state index in [-0.39, 0.29) is 22.2 Å². The molecule has 0 aliphatic rings. The molecule has 5 nitrogen and oxygen atoms in total. The summed E-state index contributed by atoms with van der Waals surface area (Å²) in [4.78, 5) is 22.9. The molecule has 1 aromatic carbocycles. The molecule has 1 amide bonds. The molecule has 1 heterocycles. The van der Waals surface area contributed by atoms with Gasteiger partial charge >= 0.3 is 5.97 Å². The average Bonchev–Trinajstić information content (AvgIpc) is 2.78. The van der Waals surface area contributed by atoms with E-state index in [1.165, 1.54) is 24.3 Å². The van der Waals surface area contributed by atoms with Gasteiger partial charge in [-0.15, -0.1) is 0 Å². The predicted molar refractivity (Wildman–Crippen MR) is 69.8 cm³/mol. The SMILES string of the molecule is Cc1ccc(NC(=O)c2ccc(Cl)o2)c(C(=O)O)c1. The fourth-order valence-corrected chi connectivity index (χ4v) is 1.71. The average molecular weight is 280 g/mol. The highest BCUT2D eigenvalue weighted by Crippen LogP contribution is 2.20. The summed E-state index contributed by atoms with van der Waals surface area (Å²) in [6.07, 6.45) is 0. The molecule has 0 fully saturated rings. The maximum atomic E-state index is 11.8. The van der Waals surface area contributed by atoms with Gasteiger partial charge in [-0.25, -0.2) is 4.79 Å². The quantitative estimate of drug-likeness (QED) is 0.904. The topological polar surface area (TPSA) is 79.5 Å². The molecule has 0 unspecified atom stereocenters. The zero-order valence-corrected chi connectivity index (χ0v) is 10.7. The van der Waals surface area contributed by atoms with Crippen LogP contribution in [0.3, 0.4) is 0 Å². The van der Waals surface area contributed by atoms with Crippen LogP contribution in [0.2, 0.25) is 5.22 Å². The maximum Gasteiger partial charge on any atom is 0.337 e. The van der Waals surface area contributed by atoms with Gasteiger partial charge in [0.25, 0.3) is 5.91 Å². The predicted octanol–water partition coefficient (Wildman–Crippen LogP) is 3.19. The minimum absolute atomic E-state index is 0.0157. The Balaban J connectivity index is 2.28. The number of anilines is 1. The molecule has 19 heavy (non-hydrogen) atoms. The minimum atomic E-state index is -1.11. The Morgan fingerprint density at radius 3 is 2.58 bits per heavy atom. The third-order valence-electron chi connectivity index (χ3n) is 2.45. The Kier molecular flexibility index (Phi) is 3.57. The molecule has 0 saturated heterocycles. The van der Waals surface area contributed by atoms with Gasteiger partial charge in [-0.1, -0.05) is 11.6 Å². The lowest BCUT2D eigenvalue weighted by molar-refractivity contribution is 0.0698. The minimum Gasteiger partial charge on any atom is -0.478 e. The number of benzene rings is 1. The number of aryl methyl sites for hydroxylation is 1. The highest BCUT2D eigenvalue weighted by molar-refractivity contribution is 6.29. The van der Waals surface area contributed by atoms with Gasteiger partial charge in [0.15, 0.2) is 11.0 Å². The second-order valence-electron chi connectivity index (χ2n) is 3.91. The Morgan fingerprint density at radius 1 is 1.26 bits per heavy atom. The molecule has 0 radical (unpaired) electrons. The number of nitrogens with one attached hydrogen (secondary N) is 1. The van der Waals surface area contributed by atoms with Crippen LogP contribution in [0.5, 0.6) is 0 Å². The second-order valence-corrected chi connectivity index (χ2v) is 4.28. The lowest BCUT2D eigenvalue weighted by Crippen LogP contribution is -2.14. The first-order valence-corrected chi connectivity index (χ1v) is 5.76. The number of carbonyl (C=O) groups excluding carboxylic acids is 1. The zero-order valence-electron chi connectivity index (χ0n) is 9.94. The third kappa shape index (κ3) is 2.95. The van der Waals surface area contributed by atoms with Crippen LogP contribution in [-0.2, 0) is 0 Å². The largest absolute Gasteiger partial charge is 0.478 e. The first-order valence-electron chi connectivity index (χ1n) is 5.38. The lowest BCUT2D eigenvalue weighted by Gasteiger charge is -2.07. The number of rotatable bonds is 3. The van der Waals surface area contributed by atoms with Crippen molar-refractivity contribution in [1.29, 1.82) is 0 Å². The molecule has 0 atom stereocenters. The molecule has 6 heteroatoms. The summed E-state index contributed by atoms with van der Waals surface area (Å²) in [6.45, 7) is 1.77. The highest BCUT2D eigenvalue weighted by Gasteiger charge is 2.15. The van der Waals surface area contributed by atoms with E-state index < -0.39 is 11.9 Å². The molecule has 0 aliphatic carbocycles. The number of carboxylic acid groups (broad SMARTS) is 1. The summed E-state index contributed by atoms with van der Waals surface area (Å²) in [5.74, 6) is -1.66. The van der Waals surface area contributed by atoms with Gasteiger partial charge < -0.3 is 14.8 Å². The number of amides is 1. The van der Waals surface area contributed by atoms with E-state index >= 15 is 0 Å². The van der Waals surface area contributed by atoms with Crippen LogP contribution in [0.15, 0.2) is 34.7 Å². The summed E-state index contributed by atoms with van der Waals surface area (Å²) in [5, 5.41) is 11.6. The van der Waals surface area contributed by atoms with E-state index in [1.807, 2.05) is 0 Å². The van der Waals surface area contributed by atoms with Gasteiger partial charge in [0.2, 0.25) is 0 Å². The molecule has 0 bridgehead atoms. The van der Waals surface area contributed by atoms with E-state index in [1.54, 1.807) is 13.0 Å². The number of carbonyl (C=O) groups is 2. The van der Waals surface area contributed by atoms with Gasteiger partial charge in [0.1, 0.15) is 0 Å². The number of hydrogen-bond acceptors (Lipinski definition) is 3. The van der Waals surface area contributed by atoms with Crippen LogP contribution in [0, 0.1) is 6.92 Å². The number of hydrogen-bond donors (Lipinski definition) is 2. The van der Waals surface area contributed by atoms with E-state index in [2.05, 4.69) is 5.32 Å². The van der Waals surface area contributed by atoms with Crippen molar-refractivity contribution in [3.8, 4) is 0 Å². The Hall–Kier alpha value is -2.27. The second kappa shape index (κ2) is 5.16. The van der Waals surface area contributed by atoms with Crippen molar-refractivity contribution in [2.75, 3.05) is 5.32 Å². The summed E-state index contributed by atoms with van der Waals surface area (Å²) in [6, 6.07) is 7.56. The van der Waals surface area contributed by atoms with Crippen molar-refractivity contribution in [3.63, 3.8) is 0 Å². The zero-order chi connectivity index (χ0) is 14.0. The summed E-state index contributed by atoms with van der Waals surface area (Å²) in [7, 11) is 0. The van der Waals surface area contributed by atoms with Crippen molar-refractivity contribution in [3.05, 3.63) is 52.4 Å². The van der Waals surface area contributed by atoms with Crippen LogP contribution in [-0.4, -0.2) is 17.0 Å². The molecule has 2 N–H and O–H groups in total. The first-order chi connectivity index (χ1) is 8.97. The van der Waals surface area contributed by atoms with Crippen molar-refractivity contribution in [2.24, 2.45) is 0 Å². The molecule has 1 aromatic heterocycles. The van der Waals surface area contributed by atoms with Crippen LogP contribution >= 0.6 is 11.6 Å². The summed E-state index contributed by atoms with van der Waals surface area (Å²) < 4.78 is 4.95. The number of furan rings is 1. The highest BCUT2D eigenvalue weighted by atomic mass is 35.5. The van der Waals surface area contributed by atoms with Crippen LogP contribution in [0.4, 0.5) is 5.69 Å². The molecule has 2 aromatic rings. The summed E-state index contributed by atoms with van der Waals surface area (Å²) in [5.41, 5.74) is 1.01. The van der Waals surface area contributed by atoms with Gasteiger partial charge in [-0.2, -0.15) is 0 Å². The number of aromatic carboxylic acids is 1. The lowest BCUT2D eigenvalue weighted by atomic mass is 10.1. The molecule has 0 saturated carbocycles. The normalized spacial score (nSPS) is 10.2. The Bertz CT molecular complexity index is 648. The van der Waals surface area contributed by atoms with Gasteiger partial charge in [-0.3, -0.25) is 4.79 Å². The van der Waals surface area contributed by atoms with Crippen molar-refractivity contribution in [2.45, 2.75) is 6.92 Å². The monoisotopic (exact) mass is 279 g/mol. The van der Waals surface area contributed by atoms with E-state index in [0.29, 0.717) is 0 Å². The first kappa shape index (κ1) is 13.2. The van der Waals surface area contributed by atoms with Crippen molar-refractivity contribution in [1.82, 2.24) is 0 Å². The van der Waals surface area contributed by atoms with Crippen LogP contribution in [0.25, 0.3) is 0 Å². The van der Waals surface area contributed by atoms with Gasteiger partial charge in [0, 0.05) is 0 Å². The number of carboxylic acids is 1.